The minimum Gasteiger partial charge on any atom is -0.390 e. The molecule has 0 aliphatic heterocycles. The van der Waals surface area contributed by atoms with Gasteiger partial charge in [0.1, 0.15) is 0 Å². The van der Waals surface area contributed by atoms with Crippen LogP contribution in [-0.2, 0) is 6.42 Å². The first-order valence-electron chi connectivity index (χ1n) is 5.90. The van der Waals surface area contributed by atoms with Crippen molar-refractivity contribution in [2.45, 2.75) is 51.6 Å². The highest BCUT2D eigenvalue weighted by molar-refractivity contribution is 5.14. The second kappa shape index (κ2) is 5.92. The quantitative estimate of drug-likeness (QED) is 0.706. The van der Waals surface area contributed by atoms with Gasteiger partial charge in [-0.3, -0.25) is 0 Å². The highest BCUT2D eigenvalue weighted by atomic mass is 16.3. The van der Waals surface area contributed by atoms with Gasteiger partial charge in [0.2, 0.25) is 0 Å². The number of hydrogen-bond donors (Lipinski definition) is 1. The molecule has 1 heteroatoms. The maximum Gasteiger partial charge on any atom is 0.0617 e. The third-order valence-electron chi connectivity index (χ3n) is 3.04. The van der Waals surface area contributed by atoms with Crippen molar-refractivity contribution in [3.8, 4) is 0 Å². The predicted octanol–water partition coefficient (Wildman–Crippen LogP) is 3.56. The molecule has 0 amide bonds. The Balaban J connectivity index is 2.18. The van der Waals surface area contributed by atoms with Gasteiger partial charge in [-0.25, -0.2) is 0 Å². The minimum absolute atomic E-state index is 0.462. The first kappa shape index (κ1) is 12.3. The Bertz CT molecular complexity index is 264. The molecule has 0 bridgehead atoms. The molecule has 0 unspecified atom stereocenters. The SMILES string of the molecule is CC[C@@](C)(O)CCCCc1ccccc1. The van der Waals surface area contributed by atoms with Crippen molar-refractivity contribution in [2.24, 2.45) is 0 Å². The van der Waals surface area contributed by atoms with Gasteiger partial charge in [-0.15, -0.1) is 0 Å². The van der Waals surface area contributed by atoms with E-state index in [0.29, 0.717) is 0 Å². The van der Waals surface area contributed by atoms with Crippen LogP contribution in [0.2, 0.25) is 0 Å². The van der Waals surface area contributed by atoms with Crippen LogP contribution in [0.15, 0.2) is 30.3 Å². The van der Waals surface area contributed by atoms with Gasteiger partial charge in [-0.05, 0) is 38.2 Å². The first-order chi connectivity index (χ1) is 7.14. The molecule has 1 aromatic rings. The highest BCUT2D eigenvalue weighted by Crippen LogP contribution is 2.18. The summed E-state index contributed by atoms with van der Waals surface area (Å²) >= 11 is 0. The van der Waals surface area contributed by atoms with E-state index in [1.165, 1.54) is 12.0 Å². The van der Waals surface area contributed by atoms with Crippen molar-refractivity contribution in [3.63, 3.8) is 0 Å². The van der Waals surface area contributed by atoms with Crippen LogP contribution in [0, 0.1) is 0 Å². The van der Waals surface area contributed by atoms with E-state index in [2.05, 4.69) is 24.3 Å². The monoisotopic (exact) mass is 206 g/mol. The summed E-state index contributed by atoms with van der Waals surface area (Å²) in [6.45, 7) is 3.96. The molecule has 0 saturated heterocycles. The third-order valence-corrected chi connectivity index (χ3v) is 3.04. The van der Waals surface area contributed by atoms with Crippen LogP contribution in [0.5, 0.6) is 0 Å². The summed E-state index contributed by atoms with van der Waals surface area (Å²) in [5.74, 6) is 0. The van der Waals surface area contributed by atoms with E-state index in [4.69, 9.17) is 0 Å². The summed E-state index contributed by atoms with van der Waals surface area (Å²) in [5.41, 5.74) is 0.935. The highest BCUT2D eigenvalue weighted by Gasteiger charge is 2.15. The molecule has 0 aromatic heterocycles. The van der Waals surface area contributed by atoms with Gasteiger partial charge < -0.3 is 5.11 Å². The van der Waals surface area contributed by atoms with E-state index in [1.807, 2.05) is 19.9 Å². The average molecular weight is 206 g/mol. The van der Waals surface area contributed by atoms with Crippen LogP contribution in [0.1, 0.15) is 45.1 Å². The second-order valence-electron chi connectivity index (χ2n) is 4.54. The number of rotatable bonds is 6. The van der Waals surface area contributed by atoms with Crippen molar-refractivity contribution < 1.29 is 5.11 Å². The molecule has 1 atom stereocenters. The van der Waals surface area contributed by atoms with Crippen molar-refractivity contribution >= 4 is 0 Å². The molecular formula is C14H22O. The number of hydrogen-bond acceptors (Lipinski definition) is 1. The molecule has 1 rings (SSSR count). The Hall–Kier alpha value is -0.820. The number of unbranched alkanes of at least 4 members (excludes halogenated alkanes) is 1. The molecule has 0 saturated carbocycles. The van der Waals surface area contributed by atoms with Gasteiger partial charge in [-0.1, -0.05) is 43.7 Å². The Kier molecular flexibility index (Phi) is 4.83. The zero-order valence-corrected chi connectivity index (χ0v) is 9.87. The maximum absolute atomic E-state index is 9.82. The van der Waals surface area contributed by atoms with Crippen LogP contribution < -0.4 is 0 Å². The fourth-order valence-corrected chi connectivity index (χ4v) is 1.66. The molecule has 0 heterocycles. The molecule has 15 heavy (non-hydrogen) atoms. The van der Waals surface area contributed by atoms with E-state index < -0.39 is 5.60 Å². The molecule has 84 valence electrons. The molecule has 0 aliphatic carbocycles. The molecule has 1 nitrogen and oxygen atoms in total. The normalized spacial score (nSPS) is 14.9. The predicted molar refractivity (Wildman–Crippen MR) is 64.9 cm³/mol. The van der Waals surface area contributed by atoms with Crippen LogP contribution >= 0.6 is 0 Å². The van der Waals surface area contributed by atoms with E-state index in [-0.39, 0.29) is 0 Å². The number of aryl methyl sites for hydroxylation is 1. The largest absolute Gasteiger partial charge is 0.390 e. The van der Waals surface area contributed by atoms with Gasteiger partial charge in [0.25, 0.3) is 0 Å². The lowest BCUT2D eigenvalue weighted by Gasteiger charge is -2.20. The summed E-state index contributed by atoms with van der Waals surface area (Å²) in [5, 5.41) is 9.82. The van der Waals surface area contributed by atoms with Crippen molar-refractivity contribution in [3.05, 3.63) is 35.9 Å². The smallest absolute Gasteiger partial charge is 0.0617 e. The zero-order chi connectivity index (χ0) is 11.1. The minimum atomic E-state index is -0.462. The Morgan fingerprint density at radius 3 is 2.40 bits per heavy atom. The van der Waals surface area contributed by atoms with Crippen LogP contribution in [0.4, 0.5) is 0 Å². The van der Waals surface area contributed by atoms with Gasteiger partial charge in [0, 0.05) is 0 Å². The lowest BCUT2D eigenvalue weighted by molar-refractivity contribution is 0.0444. The molecule has 1 aromatic carbocycles. The second-order valence-corrected chi connectivity index (χ2v) is 4.54. The Morgan fingerprint density at radius 2 is 1.80 bits per heavy atom. The number of aliphatic hydroxyl groups is 1. The molecule has 0 fully saturated rings. The number of benzene rings is 1. The van der Waals surface area contributed by atoms with Gasteiger partial charge >= 0.3 is 0 Å². The van der Waals surface area contributed by atoms with Crippen LogP contribution in [-0.4, -0.2) is 10.7 Å². The molecule has 0 spiro atoms. The topological polar surface area (TPSA) is 20.2 Å². The molecule has 0 aliphatic rings. The summed E-state index contributed by atoms with van der Waals surface area (Å²) in [6.07, 6.45) is 5.16. The fourth-order valence-electron chi connectivity index (χ4n) is 1.66. The summed E-state index contributed by atoms with van der Waals surface area (Å²) in [7, 11) is 0. The Labute approximate surface area is 93.1 Å². The summed E-state index contributed by atoms with van der Waals surface area (Å²) in [4.78, 5) is 0. The van der Waals surface area contributed by atoms with Gasteiger partial charge in [0.15, 0.2) is 0 Å². The van der Waals surface area contributed by atoms with E-state index in [1.54, 1.807) is 0 Å². The van der Waals surface area contributed by atoms with E-state index in [0.717, 1.165) is 25.7 Å². The average Bonchev–Trinajstić information content (AvgIpc) is 2.26. The van der Waals surface area contributed by atoms with Gasteiger partial charge in [-0.2, -0.15) is 0 Å². The fraction of sp³-hybridized carbons (Fsp3) is 0.571. The molecule has 0 radical (unpaired) electrons. The zero-order valence-electron chi connectivity index (χ0n) is 9.87. The Morgan fingerprint density at radius 1 is 1.13 bits per heavy atom. The standard InChI is InChI=1S/C14H22O/c1-3-14(2,15)12-8-7-11-13-9-5-4-6-10-13/h4-6,9-10,15H,3,7-8,11-12H2,1-2H3/t14-/m1/s1. The van der Waals surface area contributed by atoms with Crippen molar-refractivity contribution in [1.29, 1.82) is 0 Å². The molecular weight excluding hydrogens is 184 g/mol. The lowest BCUT2D eigenvalue weighted by Crippen LogP contribution is -2.22. The van der Waals surface area contributed by atoms with Gasteiger partial charge in [0.05, 0.1) is 5.60 Å². The lowest BCUT2D eigenvalue weighted by atomic mass is 9.95. The summed E-state index contributed by atoms with van der Waals surface area (Å²) < 4.78 is 0. The molecule has 1 N–H and O–H groups in total. The van der Waals surface area contributed by atoms with E-state index in [9.17, 15) is 5.11 Å². The first-order valence-corrected chi connectivity index (χ1v) is 5.90. The maximum atomic E-state index is 9.82. The van der Waals surface area contributed by atoms with Crippen LogP contribution in [0.3, 0.4) is 0 Å². The van der Waals surface area contributed by atoms with E-state index >= 15 is 0 Å². The van der Waals surface area contributed by atoms with Crippen LogP contribution in [0.25, 0.3) is 0 Å². The van der Waals surface area contributed by atoms with Crippen molar-refractivity contribution in [2.75, 3.05) is 0 Å². The van der Waals surface area contributed by atoms with Crippen molar-refractivity contribution in [1.82, 2.24) is 0 Å². The summed E-state index contributed by atoms with van der Waals surface area (Å²) in [6, 6.07) is 10.5. The third kappa shape index (κ3) is 4.98.